The number of hydrogen-bond acceptors (Lipinski definition) is 2. The summed E-state index contributed by atoms with van der Waals surface area (Å²) in [7, 11) is 0. The zero-order chi connectivity index (χ0) is 14.6. The minimum Gasteiger partial charge on any atom is -0.369 e. The Bertz CT molecular complexity index is 246. The van der Waals surface area contributed by atoms with E-state index in [0.717, 1.165) is 6.92 Å². The van der Waals surface area contributed by atoms with Crippen molar-refractivity contribution in [3.63, 3.8) is 0 Å². The van der Waals surface area contributed by atoms with E-state index in [-0.39, 0.29) is 0 Å². The van der Waals surface area contributed by atoms with Crippen molar-refractivity contribution in [1.82, 2.24) is 0 Å². The van der Waals surface area contributed by atoms with Gasteiger partial charge in [-0.05, 0) is 13.3 Å². The van der Waals surface area contributed by atoms with Gasteiger partial charge in [-0.2, -0.15) is 35.1 Å². The van der Waals surface area contributed by atoms with Gasteiger partial charge in [-0.1, -0.05) is 0 Å². The summed E-state index contributed by atoms with van der Waals surface area (Å²) in [5.74, 6) is 0. The Labute approximate surface area is 96.8 Å². The SMILES string of the molecule is CC(CCOC(F)(F)C(F)(F)F)OCC(F)(F)F. The van der Waals surface area contributed by atoms with Crippen molar-refractivity contribution in [2.24, 2.45) is 0 Å². The van der Waals surface area contributed by atoms with E-state index in [1.165, 1.54) is 0 Å². The molecule has 10 heteroatoms. The highest BCUT2D eigenvalue weighted by Gasteiger charge is 2.59. The van der Waals surface area contributed by atoms with Crippen LogP contribution in [0.2, 0.25) is 0 Å². The Hall–Kier alpha value is -0.640. The molecule has 0 amide bonds. The quantitative estimate of drug-likeness (QED) is 0.697. The molecule has 1 unspecified atom stereocenters. The van der Waals surface area contributed by atoms with Gasteiger partial charge in [-0.3, -0.25) is 0 Å². The highest BCUT2D eigenvalue weighted by Crippen LogP contribution is 2.36. The Morgan fingerprint density at radius 1 is 0.944 bits per heavy atom. The number of alkyl halides is 8. The minimum atomic E-state index is -5.86. The van der Waals surface area contributed by atoms with Gasteiger partial charge in [-0.25, -0.2) is 0 Å². The molecule has 0 bridgehead atoms. The summed E-state index contributed by atoms with van der Waals surface area (Å²) >= 11 is 0. The number of hydrogen-bond donors (Lipinski definition) is 0. The number of ether oxygens (including phenoxy) is 2. The minimum absolute atomic E-state index is 0.526. The van der Waals surface area contributed by atoms with Gasteiger partial charge in [0.05, 0.1) is 12.7 Å². The zero-order valence-corrected chi connectivity index (χ0v) is 9.04. The fourth-order valence-corrected chi connectivity index (χ4v) is 0.755. The third kappa shape index (κ3) is 6.94. The molecule has 110 valence electrons. The van der Waals surface area contributed by atoms with Crippen LogP contribution in [-0.4, -0.2) is 37.8 Å². The van der Waals surface area contributed by atoms with Gasteiger partial charge in [0.15, 0.2) is 0 Å². The zero-order valence-electron chi connectivity index (χ0n) is 9.04. The molecule has 0 saturated heterocycles. The molecule has 2 nitrogen and oxygen atoms in total. The summed E-state index contributed by atoms with van der Waals surface area (Å²) in [4.78, 5) is 0. The molecule has 1 atom stereocenters. The first-order valence-electron chi connectivity index (χ1n) is 4.62. The first-order valence-corrected chi connectivity index (χ1v) is 4.62. The van der Waals surface area contributed by atoms with E-state index in [2.05, 4.69) is 9.47 Å². The smallest absolute Gasteiger partial charge is 0.369 e. The van der Waals surface area contributed by atoms with Gasteiger partial charge >= 0.3 is 18.5 Å². The maximum absolute atomic E-state index is 12.2. The van der Waals surface area contributed by atoms with Gasteiger partial charge in [0.2, 0.25) is 0 Å². The second-order valence-corrected chi connectivity index (χ2v) is 3.39. The number of rotatable bonds is 6. The van der Waals surface area contributed by atoms with Crippen molar-refractivity contribution in [3.05, 3.63) is 0 Å². The summed E-state index contributed by atoms with van der Waals surface area (Å²) in [6, 6.07) is 0. The topological polar surface area (TPSA) is 18.5 Å². The molecule has 0 aliphatic rings. The van der Waals surface area contributed by atoms with Crippen LogP contribution in [0.4, 0.5) is 35.1 Å². The van der Waals surface area contributed by atoms with Crippen molar-refractivity contribution in [2.75, 3.05) is 13.2 Å². The predicted octanol–water partition coefficient (Wildman–Crippen LogP) is 3.52. The maximum atomic E-state index is 12.2. The first kappa shape index (κ1) is 17.4. The molecule has 0 aliphatic heterocycles. The molecule has 0 saturated carbocycles. The third-order valence-corrected chi connectivity index (χ3v) is 1.67. The predicted molar refractivity (Wildman–Crippen MR) is 43.0 cm³/mol. The molecule has 0 aromatic heterocycles. The maximum Gasteiger partial charge on any atom is 0.482 e. The van der Waals surface area contributed by atoms with Crippen LogP contribution < -0.4 is 0 Å². The van der Waals surface area contributed by atoms with Crippen molar-refractivity contribution in [1.29, 1.82) is 0 Å². The highest BCUT2D eigenvalue weighted by atomic mass is 19.4. The molecular weight excluding hydrogens is 280 g/mol. The summed E-state index contributed by atoms with van der Waals surface area (Å²) in [5.41, 5.74) is 0. The van der Waals surface area contributed by atoms with Crippen LogP contribution in [-0.2, 0) is 9.47 Å². The van der Waals surface area contributed by atoms with Crippen LogP contribution in [0.5, 0.6) is 0 Å². The van der Waals surface area contributed by atoms with Crippen molar-refractivity contribution in [3.8, 4) is 0 Å². The Balaban J connectivity index is 3.92. The van der Waals surface area contributed by atoms with Gasteiger partial charge in [0.25, 0.3) is 0 Å². The van der Waals surface area contributed by atoms with E-state index in [1.54, 1.807) is 0 Å². The summed E-state index contributed by atoms with van der Waals surface area (Å²) in [6.45, 7) is -1.59. The van der Waals surface area contributed by atoms with E-state index in [9.17, 15) is 35.1 Å². The van der Waals surface area contributed by atoms with Crippen molar-refractivity contribution in [2.45, 2.75) is 37.9 Å². The van der Waals surface area contributed by atoms with Crippen molar-refractivity contribution >= 4 is 0 Å². The first-order chi connectivity index (χ1) is 7.85. The van der Waals surface area contributed by atoms with E-state index in [4.69, 9.17) is 0 Å². The fraction of sp³-hybridized carbons (Fsp3) is 1.00. The number of halogens is 8. The van der Waals surface area contributed by atoms with E-state index in [1.807, 2.05) is 0 Å². The lowest BCUT2D eigenvalue weighted by Gasteiger charge is -2.20. The van der Waals surface area contributed by atoms with Crippen molar-refractivity contribution < 1.29 is 44.6 Å². The molecule has 0 spiro atoms. The van der Waals surface area contributed by atoms with Crippen LogP contribution in [0.1, 0.15) is 13.3 Å². The summed E-state index contributed by atoms with van der Waals surface area (Å²) in [5, 5.41) is 0. The third-order valence-electron chi connectivity index (χ3n) is 1.67. The molecule has 0 N–H and O–H groups in total. The summed E-state index contributed by atoms with van der Waals surface area (Å²) < 4.78 is 102. The fourth-order valence-electron chi connectivity index (χ4n) is 0.755. The molecule has 0 aliphatic carbocycles. The van der Waals surface area contributed by atoms with E-state index < -0.39 is 44.2 Å². The second-order valence-electron chi connectivity index (χ2n) is 3.39. The molecule has 0 aromatic rings. The van der Waals surface area contributed by atoms with E-state index in [0.29, 0.717) is 0 Å². The standard InChI is InChI=1S/C8H10F8O2/c1-5(17-4-6(9,10)11)2-3-18-8(15,16)7(12,13)14/h5H,2-4H2,1H3. The molecular formula is C8H10F8O2. The van der Waals surface area contributed by atoms with Crippen LogP contribution in [0, 0.1) is 0 Å². The molecule has 0 aromatic carbocycles. The molecule has 0 rings (SSSR count). The lowest BCUT2D eigenvalue weighted by atomic mass is 10.3. The Morgan fingerprint density at radius 2 is 1.44 bits per heavy atom. The Morgan fingerprint density at radius 3 is 1.83 bits per heavy atom. The molecule has 0 fully saturated rings. The Kier molecular flexibility index (Phi) is 5.79. The lowest BCUT2D eigenvalue weighted by molar-refractivity contribution is -0.391. The van der Waals surface area contributed by atoms with Crippen LogP contribution >= 0.6 is 0 Å². The molecule has 0 radical (unpaired) electrons. The average molecular weight is 290 g/mol. The van der Waals surface area contributed by atoms with Crippen LogP contribution in [0.3, 0.4) is 0 Å². The van der Waals surface area contributed by atoms with E-state index >= 15 is 0 Å². The molecule has 18 heavy (non-hydrogen) atoms. The lowest BCUT2D eigenvalue weighted by Crippen LogP contribution is -2.39. The monoisotopic (exact) mass is 290 g/mol. The molecule has 0 heterocycles. The van der Waals surface area contributed by atoms with Gasteiger partial charge in [0, 0.05) is 0 Å². The summed E-state index contributed by atoms with van der Waals surface area (Å²) in [6.07, 6.45) is -17.5. The average Bonchev–Trinajstić information content (AvgIpc) is 2.11. The van der Waals surface area contributed by atoms with Gasteiger partial charge in [-0.15, -0.1) is 0 Å². The highest BCUT2D eigenvalue weighted by molar-refractivity contribution is 4.64. The van der Waals surface area contributed by atoms with Crippen LogP contribution in [0.25, 0.3) is 0 Å². The normalized spacial score (nSPS) is 15.8. The van der Waals surface area contributed by atoms with Gasteiger partial charge in [0.1, 0.15) is 6.61 Å². The largest absolute Gasteiger partial charge is 0.482 e. The van der Waals surface area contributed by atoms with Gasteiger partial charge < -0.3 is 9.47 Å². The van der Waals surface area contributed by atoms with Crippen LogP contribution in [0.15, 0.2) is 0 Å². The second kappa shape index (κ2) is 6.00.